The molecular weight excluding hydrogens is 428 g/mol. The van der Waals surface area contributed by atoms with Gasteiger partial charge in [0, 0.05) is 12.5 Å². The van der Waals surface area contributed by atoms with Crippen molar-refractivity contribution in [3.05, 3.63) is 23.8 Å². The quantitative estimate of drug-likeness (QED) is 0.362. The third kappa shape index (κ3) is 8.98. The number of hydrogen-bond donors (Lipinski definition) is 3. The van der Waals surface area contributed by atoms with Gasteiger partial charge in [0.15, 0.2) is 17.5 Å². The zero-order chi connectivity index (χ0) is 23.5. The lowest BCUT2D eigenvalue weighted by molar-refractivity contribution is -0.122. The molecule has 178 valence electrons. The first-order chi connectivity index (χ1) is 15.3. The maximum absolute atomic E-state index is 12.5. The van der Waals surface area contributed by atoms with E-state index in [2.05, 4.69) is 29.5 Å². The van der Waals surface area contributed by atoms with Crippen molar-refractivity contribution < 1.29 is 19.1 Å². The van der Waals surface area contributed by atoms with Crippen LogP contribution in [0.5, 0.6) is 11.5 Å². The minimum absolute atomic E-state index is 0.0132. The van der Waals surface area contributed by atoms with Crippen molar-refractivity contribution in [2.24, 2.45) is 16.6 Å². The smallest absolute Gasteiger partial charge is 0.231 e. The lowest BCUT2D eigenvalue weighted by Crippen LogP contribution is -2.41. The van der Waals surface area contributed by atoms with Gasteiger partial charge in [0.25, 0.3) is 0 Å². The Balaban J connectivity index is 1.94. The second-order valence-electron chi connectivity index (χ2n) is 8.37. The topological polar surface area (TPSA) is 115 Å². The van der Waals surface area contributed by atoms with Crippen LogP contribution in [0.2, 0.25) is 0 Å². The van der Waals surface area contributed by atoms with Crippen LogP contribution >= 0.6 is 11.8 Å². The molecule has 1 saturated heterocycles. The van der Waals surface area contributed by atoms with Gasteiger partial charge in [0.05, 0.1) is 26.7 Å². The van der Waals surface area contributed by atoms with Gasteiger partial charge in [0.2, 0.25) is 11.8 Å². The van der Waals surface area contributed by atoms with Crippen LogP contribution in [-0.2, 0) is 16.0 Å². The van der Waals surface area contributed by atoms with E-state index in [1.807, 2.05) is 11.8 Å². The summed E-state index contributed by atoms with van der Waals surface area (Å²) in [4.78, 5) is 29.4. The van der Waals surface area contributed by atoms with Gasteiger partial charge >= 0.3 is 0 Å². The summed E-state index contributed by atoms with van der Waals surface area (Å²) in [7, 11) is 3.11. The molecule has 0 bridgehead atoms. The van der Waals surface area contributed by atoms with Crippen molar-refractivity contribution in [1.82, 2.24) is 10.6 Å². The van der Waals surface area contributed by atoms with E-state index in [-0.39, 0.29) is 42.7 Å². The van der Waals surface area contributed by atoms with E-state index in [4.69, 9.17) is 15.2 Å². The number of nitrogens with one attached hydrogen (secondary N) is 2. The van der Waals surface area contributed by atoms with Crippen molar-refractivity contribution in [3.8, 4) is 11.5 Å². The summed E-state index contributed by atoms with van der Waals surface area (Å²) in [5.41, 5.74) is 6.77. The predicted molar refractivity (Wildman–Crippen MR) is 129 cm³/mol. The van der Waals surface area contributed by atoms with Gasteiger partial charge in [-0.25, -0.2) is 4.99 Å². The van der Waals surface area contributed by atoms with Crippen molar-refractivity contribution >= 4 is 29.5 Å². The number of nitrogens with zero attached hydrogens (tertiary/aromatic N) is 1. The van der Waals surface area contributed by atoms with Crippen LogP contribution in [0.4, 0.5) is 0 Å². The Morgan fingerprint density at radius 1 is 1.16 bits per heavy atom. The van der Waals surface area contributed by atoms with Crippen LogP contribution in [0, 0.1) is 5.92 Å². The summed E-state index contributed by atoms with van der Waals surface area (Å²) in [6.07, 6.45) is 3.09. The van der Waals surface area contributed by atoms with Crippen molar-refractivity contribution in [1.29, 1.82) is 0 Å². The molecule has 1 aromatic carbocycles. The number of thioether (sulfide) groups is 1. The number of hydrogen-bond acceptors (Lipinski definition) is 6. The molecule has 0 saturated carbocycles. The van der Waals surface area contributed by atoms with Crippen molar-refractivity contribution in [2.45, 2.75) is 58.0 Å². The molecule has 8 nitrogen and oxygen atoms in total. The van der Waals surface area contributed by atoms with Crippen LogP contribution < -0.4 is 25.8 Å². The number of benzene rings is 1. The molecule has 2 amide bonds. The first-order valence-corrected chi connectivity index (χ1v) is 12.2. The van der Waals surface area contributed by atoms with Gasteiger partial charge in [0.1, 0.15) is 0 Å². The lowest BCUT2D eigenvalue weighted by Gasteiger charge is -2.23. The number of rotatable bonds is 10. The summed E-state index contributed by atoms with van der Waals surface area (Å²) in [5, 5.41) is 5.75. The van der Waals surface area contributed by atoms with E-state index in [1.54, 1.807) is 32.4 Å². The monoisotopic (exact) mass is 464 g/mol. The van der Waals surface area contributed by atoms with E-state index in [9.17, 15) is 9.59 Å². The Kier molecular flexibility index (Phi) is 10.7. The molecule has 0 spiro atoms. The Morgan fingerprint density at radius 2 is 1.84 bits per heavy atom. The summed E-state index contributed by atoms with van der Waals surface area (Å²) < 4.78 is 10.5. The first kappa shape index (κ1) is 25.8. The normalized spacial score (nSPS) is 15.8. The van der Waals surface area contributed by atoms with Crippen LogP contribution in [0.1, 0.15) is 45.1 Å². The minimum Gasteiger partial charge on any atom is -0.493 e. The van der Waals surface area contributed by atoms with Gasteiger partial charge in [-0.2, -0.15) is 11.8 Å². The molecule has 1 atom stereocenters. The highest BCUT2D eigenvalue weighted by molar-refractivity contribution is 7.99. The number of aliphatic imine (C=N–C) groups is 1. The molecule has 32 heavy (non-hydrogen) atoms. The maximum atomic E-state index is 12.5. The molecule has 1 aromatic rings. The molecule has 0 aromatic heterocycles. The summed E-state index contributed by atoms with van der Waals surface area (Å²) in [6, 6.07) is 5.26. The van der Waals surface area contributed by atoms with E-state index >= 15 is 0 Å². The predicted octanol–water partition coefficient (Wildman–Crippen LogP) is 2.49. The van der Waals surface area contributed by atoms with Crippen LogP contribution in [-0.4, -0.2) is 55.6 Å². The Morgan fingerprint density at radius 3 is 2.47 bits per heavy atom. The second kappa shape index (κ2) is 13.2. The summed E-state index contributed by atoms with van der Waals surface area (Å²) in [5.74, 6) is 3.39. The number of ether oxygens (including phenoxy) is 2. The standard InChI is InChI=1S/C23H36N4O4S/c1-15(2)11-18(14-22(29)25-17-7-9-32-10-8-17)26-23(24)27-21(28)13-16-5-6-19(30-3)20(12-16)31-4/h5-6,12,15,17-18H,7-11,13-14H2,1-4H3,(H,25,29)(H3,24,26,27,28)/t18-/m1/s1. The molecule has 0 radical (unpaired) electrons. The first-order valence-electron chi connectivity index (χ1n) is 11.0. The summed E-state index contributed by atoms with van der Waals surface area (Å²) in [6.45, 7) is 4.15. The van der Waals surface area contributed by atoms with E-state index < -0.39 is 0 Å². The van der Waals surface area contributed by atoms with Gasteiger partial charge in [-0.3, -0.25) is 14.9 Å². The molecule has 2 rings (SSSR count). The molecule has 0 unspecified atom stereocenters. The maximum Gasteiger partial charge on any atom is 0.231 e. The van der Waals surface area contributed by atoms with E-state index in [0.29, 0.717) is 23.8 Å². The zero-order valence-electron chi connectivity index (χ0n) is 19.5. The molecule has 1 aliphatic heterocycles. The number of carbonyl (C=O) groups excluding carboxylic acids is 2. The summed E-state index contributed by atoms with van der Waals surface area (Å²) >= 11 is 1.92. The average molecular weight is 465 g/mol. The Bertz CT molecular complexity index is 794. The fraction of sp³-hybridized carbons (Fsp3) is 0.609. The second-order valence-corrected chi connectivity index (χ2v) is 9.60. The zero-order valence-corrected chi connectivity index (χ0v) is 20.3. The molecule has 1 heterocycles. The average Bonchev–Trinajstić information content (AvgIpc) is 2.73. The van der Waals surface area contributed by atoms with E-state index in [1.165, 1.54) is 0 Å². The van der Waals surface area contributed by atoms with Gasteiger partial charge in [-0.05, 0) is 54.4 Å². The van der Waals surface area contributed by atoms with Gasteiger partial charge in [-0.15, -0.1) is 0 Å². The Hall–Kier alpha value is -2.42. The molecule has 4 N–H and O–H groups in total. The van der Waals surface area contributed by atoms with Gasteiger partial charge in [-0.1, -0.05) is 19.9 Å². The highest BCUT2D eigenvalue weighted by atomic mass is 32.2. The van der Waals surface area contributed by atoms with Crippen molar-refractivity contribution in [3.63, 3.8) is 0 Å². The van der Waals surface area contributed by atoms with Crippen LogP contribution in [0.3, 0.4) is 0 Å². The third-order valence-electron chi connectivity index (χ3n) is 5.15. The van der Waals surface area contributed by atoms with Gasteiger partial charge < -0.3 is 20.5 Å². The fourth-order valence-corrected chi connectivity index (χ4v) is 4.77. The van der Waals surface area contributed by atoms with E-state index in [0.717, 1.165) is 29.9 Å². The fourth-order valence-electron chi connectivity index (χ4n) is 3.66. The largest absolute Gasteiger partial charge is 0.493 e. The molecular formula is C23H36N4O4S. The molecule has 0 aliphatic carbocycles. The highest BCUT2D eigenvalue weighted by Crippen LogP contribution is 2.27. The van der Waals surface area contributed by atoms with Crippen LogP contribution in [0.25, 0.3) is 0 Å². The van der Waals surface area contributed by atoms with Crippen LogP contribution in [0.15, 0.2) is 23.2 Å². The Labute approximate surface area is 195 Å². The highest BCUT2D eigenvalue weighted by Gasteiger charge is 2.20. The third-order valence-corrected chi connectivity index (χ3v) is 6.20. The molecule has 1 fully saturated rings. The molecule has 9 heteroatoms. The number of amides is 2. The minimum atomic E-state index is -0.286. The SMILES string of the molecule is COc1ccc(CC(=O)NC(N)=N[C@@H](CC(=O)NC2CCSCC2)CC(C)C)cc1OC. The molecule has 1 aliphatic rings. The number of guanidine groups is 1. The number of carbonyl (C=O) groups is 2. The van der Waals surface area contributed by atoms with Crippen molar-refractivity contribution in [2.75, 3.05) is 25.7 Å². The number of methoxy groups -OCH3 is 2. The lowest BCUT2D eigenvalue weighted by atomic mass is 10.0. The number of nitrogens with two attached hydrogens (primary N) is 1.